The van der Waals surface area contributed by atoms with Gasteiger partial charge in [-0.2, -0.15) is 0 Å². The maximum atomic E-state index is 13.2. The lowest BCUT2D eigenvalue weighted by Crippen LogP contribution is -2.41. The van der Waals surface area contributed by atoms with Crippen LogP contribution in [0.15, 0.2) is 47.4 Å². The molecule has 1 aliphatic carbocycles. The predicted molar refractivity (Wildman–Crippen MR) is 103 cm³/mol. The first-order chi connectivity index (χ1) is 12.3. The highest BCUT2D eigenvalue weighted by Crippen LogP contribution is 2.30. The number of carbonyl (C=O) groups is 1. The van der Waals surface area contributed by atoms with Gasteiger partial charge in [0.1, 0.15) is 6.54 Å². The predicted octanol–water partition coefficient (Wildman–Crippen LogP) is 3.78. The van der Waals surface area contributed by atoms with E-state index in [2.05, 4.69) is 5.32 Å². The zero-order valence-electron chi connectivity index (χ0n) is 14.1. The average Bonchev–Trinajstić information content (AvgIpc) is 3.36. The summed E-state index contributed by atoms with van der Waals surface area (Å²) in [6.45, 7) is 1.53. The summed E-state index contributed by atoms with van der Waals surface area (Å²) < 4.78 is 27.4. The number of halogens is 2. The first-order valence-electron chi connectivity index (χ1n) is 8.10. The molecule has 0 saturated heterocycles. The molecule has 0 radical (unpaired) electrons. The standard InChI is InChI=1S/C18H18Cl2N2O3S/c1-12-2-6-17(7-3-12)26(24,25)22(11-18(23)21-15-4-5-15)16-9-13(19)8-14(20)10-16/h2-3,6-10,15H,4-5,11H2,1H3,(H,21,23). The van der Waals surface area contributed by atoms with E-state index in [9.17, 15) is 13.2 Å². The minimum atomic E-state index is -3.96. The van der Waals surface area contributed by atoms with Crippen molar-refractivity contribution in [3.8, 4) is 0 Å². The summed E-state index contributed by atoms with van der Waals surface area (Å²) in [5.41, 5.74) is 1.18. The maximum Gasteiger partial charge on any atom is 0.264 e. The second-order valence-corrected chi connectivity index (χ2v) is 9.03. The third-order valence-corrected chi connectivity index (χ3v) is 6.20. The number of anilines is 1. The topological polar surface area (TPSA) is 66.5 Å². The van der Waals surface area contributed by atoms with Crippen molar-refractivity contribution in [1.29, 1.82) is 0 Å². The fourth-order valence-electron chi connectivity index (χ4n) is 2.47. The zero-order chi connectivity index (χ0) is 18.9. The van der Waals surface area contributed by atoms with Gasteiger partial charge >= 0.3 is 0 Å². The molecule has 138 valence electrons. The van der Waals surface area contributed by atoms with E-state index in [0.29, 0.717) is 10.0 Å². The molecular formula is C18H18Cl2N2O3S. The second kappa shape index (κ2) is 7.47. The monoisotopic (exact) mass is 412 g/mol. The molecule has 0 aliphatic heterocycles. The highest BCUT2D eigenvalue weighted by molar-refractivity contribution is 7.92. The molecule has 1 saturated carbocycles. The molecule has 3 rings (SSSR count). The Bertz CT molecular complexity index is 906. The van der Waals surface area contributed by atoms with Crippen molar-refractivity contribution in [3.63, 3.8) is 0 Å². The minimum Gasteiger partial charge on any atom is -0.352 e. The zero-order valence-corrected chi connectivity index (χ0v) is 16.4. The Morgan fingerprint density at radius 3 is 2.23 bits per heavy atom. The number of nitrogens with zero attached hydrogens (tertiary/aromatic N) is 1. The maximum absolute atomic E-state index is 13.2. The molecule has 2 aromatic carbocycles. The Morgan fingerprint density at radius 2 is 1.69 bits per heavy atom. The van der Waals surface area contributed by atoms with Gasteiger partial charge in [0.05, 0.1) is 10.6 Å². The van der Waals surface area contributed by atoms with E-state index in [1.807, 2.05) is 6.92 Å². The SMILES string of the molecule is Cc1ccc(S(=O)(=O)N(CC(=O)NC2CC2)c2cc(Cl)cc(Cl)c2)cc1. The lowest BCUT2D eigenvalue weighted by molar-refractivity contribution is -0.119. The lowest BCUT2D eigenvalue weighted by Gasteiger charge is -2.24. The van der Waals surface area contributed by atoms with Gasteiger partial charge in [-0.3, -0.25) is 9.10 Å². The summed E-state index contributed by atoms with van der Waals surface area (Å²) in [6, 6.07) is 11.0. The fraction of sp³-hybridized carbons (Fsp3) is 0.278. The molecule has 1 fully saturated rings. The van der Waals surface area contributed by atoms with E-state index in [0.717, 1.165) is 22.7 Å². The van der Waals surface area contributed by atoms with Crippen LogP contribution in [0.25, 0.3) is 0 Å². The molecule has 0 aromatic heterocycles. The van der Waals surface area contributed by atoms with Gasteiger partial charge in [0.25, 0.3) is 10.0 Å². The lowest BCUT2D eigenvalue weighted by atomic mass is 10.2. The van der Waals surface area contributed by atoms with E-state index in [-0.39, 0.29) is 29.1 Å². The Morgan fingerprint density at radius 1 is 1.12 bits per heavy atom. The summed E-state index contributed by atoms with van der Waals surface area (Å²) in [7, 11) is -3.96. The third kappa shape index (κ3) is 4.50. The van der Waals surface area contributed by atoms with Crippen LogP contribution in [-0.4, -0.2) is 26.9 Å². The van der Waals surface area contributed by atoms with E-state index in [4.69, 9.17) is 23.2 Å². The molecular weight excluding hydrogens is 395 g/mol. The summed E-state index contributed by atoms with van der Waals surface area (Å²) in [5, 5.41) is 3.39. The van der Waals surface area contributed by atoms with Gasteiger partial charge in [-0.05, 0) is 50.1 Å². The number of hydrogen-bond donors (Lipinski definition) is 1. The van der Waals surface area contributed by atoms with Crippen molar-refractivity contribution in [2.75, 3.05) is 10.8 Å². The van der Waals surface area contributed by atoms with Crippen molar-refractivity contribution in [2.45, 2.75) is 30.7 Å². The molecule has 26 heavy (non-hydrogen) atoms. The van der Waals surface area contributed by atoms with Crippen molar-refractivity contribution in [1.82, 2.24) is 5.32 Å². The van der Waals surface area contributed by atoms with Crippen LogP contribution in [0.3, 0.4) is 0 Å². The molecule has 2 aromatic rings. The van der Waals surface area contributed by atoms with Crippen molar-refractivity contribution >= 4 is 44.8 Å². The number of aryl methyl sites for hydroxylation is 1. The Labute approximate surface area is 163 Å². The van der Waals surface area contributed by atoms with Crippen LogP contribution in [0.5, 0.6) is 0 Å². The number of carbonyl (C=O) groups excluding carboxylic acids is 1. The van der Waals surface area contributed by atoms with Gasteiger partial charge in [0, 0.05) is 16.1 Å². The summed E-state index contributed by atoms with van der Waals surface area (Å²) >= 11 is 12.1. The van der Waals surface area contributed by atoms with Gasteiger partial charge in [-0.1, -0.05) is 40.9 Å². The highest BCUT2D eigenvalue weighted by Gasteiger charge is 2.30. The summed E-state index contributed by atoms with van der Waals surface area (Å²) in [5.74, 6) is -0.362. The van der Waals surface area contributed by atoms with Gasteiger partial charge in [-0.15, -0.1) is 0 Å². The van der Waals surface area contributed by atoms with Gasteiger partial charge in [0.15, 0.2) is 0 Å². The first-order valence-corrected chi connectivity index (χ1v) is 10.3. The third-order valence-electron chi connectivity index (χ3n) is 3.97. The fourth-order valence-corrected chi connectivity index (χ4v) is 4.39. The molecule has 0 heterocycles. The van der Waals surface area contributed by atoms with Gasteiger partial charge in [-0.25, -0.2) is 8.42 Å². The molecule has 0 unspecified atom stereocenters. The number of sulfonamides is 1. The molecule has 1 aliphatic rings. The average molecular weight is 413 g/mol. The molecule has 0 atom stereocenters. The number of benzene rings is 2. The van der Waals surface area contributed by atoms with Crippen LogP contribution in [0.2, 0.25) is 10.0 Å². The van der Waals surface area contributed by atoms with E-state index in [1.165, 1.54) is 30.3 Å². The van der Waals surface area contributed by atoms with Crippen molar-refractivity contribution in [2.24, 2.45) is 0 Å². The van der Waals surface area contributed by atoms with Crippen LogP contribution in [0.4, 0.5) is 5.69 Å². The van der Waals surface area contributed by atoms with Gasteiger partial charge in [0.2, 0.25) is 5.91 Å². The molecule has 0 spiro atoms. The number of amides is 1. The van der Waals surface area contributed by atoms with Crippen LogP contribution in [0, 0.1) is 6.92 Å². The van der Waals surface area contributed by atoms with Crippen LogP contribution in [0.1, 0.15) is 18.4 Å². The summed E-state index contributed by atoms with van der Waals surface area (Å²) in [4.78, 5) is 12.4. The largest absolute Gasteiger partial charge is 0.352 e. The number of nitrogens with one attached hydrogen (secondary N) is 1. The molecule has 1 N–H and O–H groups in total. The van der Waals surface area contributed by atoms with Gasteiger partial charge < -0.3 is 5.32 Å². The Kier molecular flexibility index (Phi) is 5.46. The molecule has 8 heteroatoms. The quantitative estimate of drug-likeness (QED) is 0.784. The second-order valence-electron chi connectivity index (χ2n) is 6.29. The van der Waals surface area contributed by atoms with Crippen molar-refractivity contribution in [3.05, 3.63) is 58.1 Å². The van der Waals surface area contributed by atoms with E-state index >= 15 is 0 Å². The molecule has 0 bridgehead atoms. The normalized spacial score (nSPS) is 14.1. The molecule has 5 nitrogen and oxygen atoms in total. The Hall–Kier alpha value is -1.76. The number of hydrogen-bond acceptors (Lipinski definition) is 3. The van der Waals surface area contributed by atoms with Crippen molar-refractivity contribution < 1.29 is 13.2 Å². The minimum absolute atomic E-state index is 0.0958. The summed E-state index contributed by atoms with van der Waals surface area (Å²) in [6.07, 6.45) is 1.83. The van der Waals surface area contributed by atoms with Crippen LogP contribution < -0.4 is 9.62 Å². The van der Waals surface area contributed by atoms with E-state index < -0.39 is 10.0 Å². The van der Waals surface area contributed by atoms with Crippen LogP contribution >= 0.6 is 23.2 Å². The Balaban J connectivity index is 2.00. The smallest absolute Gasteiger partial charge is 0.264 e. The van der Waals surface area contributed by atoms with E-state index in [1.54, 1.807) is 12.1 Å². The first kappa shape index (κ1) is 19.0. The number of rotatable bonds is 6. The van der Waals surface area contributed by atoms with Crippen LogP contribution in [-0.2, 0) is 14.8 Å². The molecule has 1 amide bonds. The highest BCUT2D eigenvalue weighted by atomic mass is 35.5.